The molecule has 4 nitrogen and oxygen atoms in total. The lowest BCUT2D eigenvalue weighted by atomic mass is 9.84. The maximum Gasteiger partial charge on any atom is 0.324 e. The Labute approximate surface area is 121 Å². The van der Waals surface area contributed by atoms with E-state index >= 15 is 0 Å². The normalized spacial score (nSPS) is 13.2. The molecular weight excluding hydrogens is 276 g/mol. The monoisotopic (exact) mass is 288 g/mol. The van der Waals surface area contributed by atoms with Gasteiger partial charge in [-0.15, -0.1) is 0 Å². The molecule has 20 heavy (non-hydrogen) atoms. The Hall–Kier alpha value is -2.25. The molecule has 0 saturated carbocycles. The first-order valence-electron chi connectivity index (χ1n) is 6.03. The Kier molecular flexibility index (Phi) is 4.44. The summed E-state index contributed by atoms with van der Waals surface area (Å²) in [6, 6.07) is 12.8. The van der Waals surface area contributed by atoms with E-state index in [1.165, 1.54) is 7.11 Å². The molecule has 5 heteroatoms. The quantitative estimate of drug-likeness (QED) is 0.879. The number of halogens is 1. The van der Waals surface area contributed by atoms with Crippen LogP contribution in [0.15, 0.2) is 42.6 Å². The summed E-state index contributed by atoms with van der Waals surface area (Å²) in [5.41, 5.74) is 1.61. The number of benzene rings is 1. The minimum atomic E-state index is -0.917. The standard InChI is InChI=1S/C15H13ClN2O2/c1-20-15(19)12(9-17)14(13-3-2-8-18-13)10-4-6-11(16)7-5-10/h2-8,12,14,18H,1H3. The fourth-order valence-electron chi connectivity index (χ4n) is 2.15. The van der Waals surface area contributed by atoms with Gasteiger partial charge < -0.3 is 9.72 Å². The number of rotatable bonds is 4. The Morgan fingerprint density at radius 3 is 2.55 bits per heavy atom. The minimum Gasteiger partial charge on any atom is -0.468 e. The summed E-state index contributed by atoms with van der Waals surface area (Å²) in [6.45, 7) is 0. The van der Waals surface area contributed by atoms with E-state index in [4.69, 9.17) is 16.3 Å². The first-order valence-corrected chi connectivity index (χ1v) is 6.41. The molecule has 1 aromatic carbocycles. The van der Waals surface area contributed by atoms with Crippen molar-refractivity contribution in [2.45, 2.75) is 5.92 Å². The number of hydrogen-bond donors (Lipinski definition) is 1. The van der Waals surface area contributed by atoms with Crippen molar-refractivity contribution >= 4 is 17.6 Å². The van der Waals surface area contributed by atoms with Crippen LogP contribution in [-0.4, -0.2) is 18.1 Å². The molecule has 0 aliphatic carbocycles. The number of methoxy groups -OCH3 is 1. The number of aromatic nitrogens is 1. The highest BCUT2D eigenvalue weighted by Crippen LogP contribution is 2.32. The molecule has 1 N–H and O–H groups in total. The third-order valence-electron chi connectivity index (χ3n) is 3.11. The topological polar surface area (TPSA) is 65.9 Å². The molecule has 2 aromatic rings. The lowest BCUT2D eigenvalue weighted by Crippen LogP contribution is -2.23. The molecule has 102 valence electrons. The second-order valence-corrected chi connectivity index (χ2v) is 4.72. The number of hydrogen-bond acceptors (Lipinski definition) is 3. The van der Waals surface area contributed by atoms with Crippen LogP contribution in [0.5, 0.6) is 0 Å². The molecule has 1 heterocycles. The zero-order chi connectivity index (χ0) is 14.5. The first-order chi connectivity index (χ1) is 9.67. The second-order valence-electron chi connectivity index (χ2n) is 4.28. The van der Waals surface area contributed by atoms with Crippen molar-refractivity contribution in [1.29, 1.82) is 5.26 Å². The van der Waals surface area contributed by atoms with Crippen molar-refractivity contribution in [2.24, 2.45) is 5.92 Å². The van der Waals surface area contributed by atoms with Crippen molar-refractivity contribution in [3.05, 3.63) is 58.9 Å². The van der Waals surface area contributed by atoms with E-state index in [1.54, 1.807) is 30.5 Å². The van der Waals surface area contributed by atoms with Gasteiger partial charge in [0.15, 0.2) is 5.92 Å². The van der Waals surface area contributed by atoms with Crippen LogP contribution in [0.25, 0.3) is 0 Å². The summed E-state index contributed by atoms with van der Waals surface area (Å²) in [4.78, 5) is 14.9. The van der Waals surface area contributed by atoms with Crippen LogP contribution >= 0.6 is 11.6 Å². The molecule has 0 aliphatic heterocycles. The number of carbonyl (C=O) groups is 1. The number of nitrogens with one attached hydrogen (secondary N) is 1. The highest BCUT2D eigenvalue weighted by molar-refractivity contribution is 6.30. The van der Waals surface area contributed by atoms with Gasteiger partial charge in [-0.05, 0) is 29.8 Å². The average molecular weight is 289 g/mol. The number of nitriles is 1. The molecule has 2 atom stereocenters. The smallest absolute Gasteiger partial charge is 0.324 e. The minimum absolute atomic E-state index is 0.417. The third kappa shape index (κ3) is 2.84. The van der Waals surface area contributed by atoms with Gasteiger partial charge in [-0.3, -0.25) is 4.79 Å². The summed E-state index contributed by atoms with van der Waals surface area (Å²) >= 11 is 5.88. The SMILES string of the molecule is COC(=O)C(C#N)C(c1ccc(Cl)cc1)c1ccc[nH]1. The van der Waals surface area contributed by atoms with Crippen LogP contribution in [0.2, 0.25) is 5.02 Å². The molecule has 0 aliphatic rings. The largest absolute Gasteiger partial charge is 0.468 e. The van der Waals surface area contributed by atoms with Crippen LogP contribution in [-0.2, 0) is 9.53 Å². The van der Waals surface area contributed by atoms with Crippen molar-refractivity contribution < 1.29 is 9.53 Å². The summed E-state index contributed by atoms with van der Waals surface area (Å²) in [7, 11) is 1.28. The number of ether oxygens (including phenoxy) is 1. The zero-order valence-corrected chi connectivity index (χ0v) is 11.6. The van der Waals surface area contributed by atoms with E-state index in [0.29, 0.717) is 5.02 Å². The van der Waals surface area contributed by atoms with Crippen LogP contribution in [0.1, 0.15) is 17.2 Å². The third-order valence-corrected chi connectivity index (χ3v) is 3.37. The van der Waals surface area contributed by atoms with Crippen LogP contribution in [0.4, 0.5) is 0 Å². The van der Waals surface area contributed by atoms with Gasteiger partial charge in [0.2, 0.25) is 0 Å². The lowest BCUT2D eigenvalue weighted by Gasteiger charge is -2.20. The van der Waals surface area contributed by atoms with Crippen molar-refractivity contribution in [1.82, 2.24) is 4.98 Å². The van der Waals surface area contributed by atoms with Crippen LogP contribution in [0.3, 0.4) is 0 Å². The number of esters is 1. The molecule has 2 rings (SSSR count). The molecule has 2 unspecified atom stereocenters. The molecule has 0 amide bonds. The van der Waals surface area contributed by atoms with Gasteiger partial charge >= 0.3 is 5.97 Å². The second kappa shape index (κ2) is 6.27. The Balaban J connectivity index is 2.48. The van der Waals surface area contributed by atoms with Gasteiger partial charge in [0.1, 0.15) is 0 Å². The van der Waals surface area contributed by atoms with Crippen LogP contribution < -0.4 is 0 Å². The van der Waals surface area contributed by atoms with E-state index in [-0.39, 0.29) is 0 Å². The lowest BCUT2D eigenvalue weighted by molar-refractivity contribution is -0.143. The van der Waals surface area contributed by atoms with Crippen molar-refractivity contribution in [3.8, 4) is 6.07 Å². The fraction of sp³-hybridized carbons (Fsp3) is 0.200. The summed E-state index contributed by atoms with van der Waals surface area (Å²) in [5, 5.41) is 9.92. The maximum absolute atomic E-state index is 11.8. The van der Waals surface area contributed by atoms with E-state index in [0.717, 1.165) is 11.3 Å². The number of aromatic amines is 1. The Morgan fingerprint density at radius 2 is 2.05 bits per heavy atom. The van der Waals surface area contributed by atoms with Gasteiger partial charge in [-0.1, -0.05) is 23.7 Å². The Bertz CT molecular complexity index is 614. The van der Waals surface area contributed by atoms with E-state index < -0.39 is 17.8 Å². The highest BCUT2D eigenvalue weighted by atomic mass is 35.5. The zero-order valence-electron chi connectivity index (χ0n) is 10.8. The Morgan fingerprint density at radius 1 is 1.35 bits per heavy atom. The molecule has 0 fully saturated rings. The predicted octanol–water partition coefficient (Wildman–Crippen LogP) is 3.11. The average Bonchev–Trinajstić information content (AvgIpc) is 2.99. The van der Waals surface area contributed by atoms with Gasteiger partial charge in [0.25, 0.3) is 0 Å². The van der Waals surface area contributed by atoms with Gasteiger partial charge in [0, 0.05) is 16.9 Å². The fourth-order valence-corrected chi connectivity index (χ4v) is 2.28. The first kappa shape index (κ1) is 14.2. The summed E-state index contributed by atoms with van der Waals surface area (Å²) < 4.78 is 4.73. The molecule has 1 aromatic heterocycles. The molecule has 0 saturated heterocycles. The number of nitrogens with zero attached hydrogens (tertiary/aromatic N) is 1. The molecular formula is C15H13ClN2O2. The number of H-pyrrole nitrogens is 1. The van der Waals surface area contributed by atoms with E-state index in [9.17, 15) is 10.1 Å². The number of carbonyl (C=O) groups excluding carboxylic acids is 1. The van der Waals surface area contributed by atoms with Gasteiger partial charge in [-0.2, -0.15) is 5.26 Å². The van der Waals surface area contributed by atoms with Gasteiger partial charge in [-0.25, -0.2) is 0 Å². The highest BCUT2D eigenvalue weighted by Gasteiger charge is 2.32. The van der Waals surface area contributed by atoms with Crippen molar-refractivity contribution in [3.63, 3.8) is 0 Å². The summed E-state index contributed by atoms with van der Waals surface area (Å²) in [6.07, 6.45) is 1.75. The van der Waals surface area contributed by atoms with Crippen LogP contribution in [0, 0.1) is 17.2 Å². The molecule has 0 radical (unpaired) electrons. The van der Waals surface area contributed by atoms with E-state index in [2.05, 4.69) is 4.98 Å². The molecule has 0 spiro atoms. The van der Waals surface area contributed by atoms with E-state index in [1.807, 2.05) is 18.2 Å². The predicted molar refractivity (Wildman–Crippen MR) is 75.2 cm³/mol. The molecule has 0 bridgehead atoms. The van der Waals surface area contributed by atoms with Gasteiger partial charge in [0.05, 0.1) is 19.1 Å². The summed E-state index contributed by atoms with van der Waals surface area (Å²) in [5.74, 6) is -1.89. The van der Waals surface area contributed by atoms with Crippen molar-refractivity contribution in [2.75, 3.05) is 7.11 Å². The maximum atomic E-state index is 11.8.